The lowest BCUT2D eigenvalue weighted by Crippen LogP contribution is -2.21. The molecule has 2 amide bonds. The molecule has 0 aliphatic carbocycles. The van der Waals surface area contributed by atoms with E-state index in [0.29, 0.717) is 12.1 Å². The van der Waals surface area contributed by atoms with Gasteiger partial charge < -0.3 is 5.32 Å². The highest BCUT2D eigenvalue weighted by molar-refractivity contribution is 6.05. The maximum absolute atomic E-state index is 11.9. The van der Waals surface area contributed by atoms with Crippen LogP contribution in [0.3, 0.4) is 0 Å². The Kier molecular flexibility index (Phi) is 12.7. The summed E-state index contributed by atoms with van der Waals surface area (Å²) in [5.41, 5.74) is 3.89. The van der Waals surface area contributed by atoms with Gasteiger partial charge in [-0.25, -0.2) is 5.43 Å². The first-order valence-electron chi connectivity index (χ1n) is 10.3. The maximum atomic E-state index is 11.9. The van der Waals surface area contributed by atoms with Crippen molar-refractivity contribution in [1.82, 2.24) is 5.43 Å². The van der Waals surface area contributed by atoms with Gasteiger partial charge in [0.15, 0.2) is 0 Å². The maximum Gasteiger partial charge on any atom is 0.240 e. The van der Waals surface area contributed by atoms with Gasteiger partial charge in [-0.15, -0.1) is 0 Å². The standard InChI is InChI=1S/C22H35N3O2/c1-3-4-5-6-7-8-9-10-14-17-21(26)25-24-19(2)18-22(27)23-20-15-12-11-13-16-20/h11-13,15-16H,3-10,14,17-18H2,1-2H3,(H,23,27)(H,25,26)/b24-19+. The lowest BCUT2D eigenvalue weighted by molar-refractivity contribution is -0.121. The smallest absolute Gasteiger partial charge is 0.240 e. The molecule has 0 fully saturated rings. The Labute approximate surface area is 164 Å². The summed E-state index contributed by atoms with van der Waals surface area (Å²) in [6.07, 6.45) is 11.7. The van der Waals surface area contributed by atoms with E-state index in [4.69, 9.17) is 0 Å². The summed E-state index contributed by atoms with van der Waals surface area (Å²) in [5, 5.41) is 6.82. The first-order valence-corrected chi connectivity index (χ1v) is 10.3. The number of hydrazone groups is 1. The van der Waals surface area contributed by atoms with Crippen LogP contribution in [0, 0.1) is 0 Å². The predicted molar refractivity (Wildman–Crippen MR) is 113 cm³/mol. The Bertz CT molecular complexity index is 570. The summed E-state index contributed by atoms with van der Waals surface area (Å²) in [7, 11) is 0. The summed E-state index contributed by atoms with van der Waals surface area (Å²) < 4.78 is 0. The van der Waals surface area contributed by atoms with E-state index < -0.39 is 0 Å². The van der Waals surface area contributed by atoms with Crippen LogP contribution >= 0.6 is 0 Å². The molecule has 1 aromatic carbocycles. The lowest BCUT2D eigenvalue weighted by Gasteiger charge is -2.05. The van der Waals surface area contributed by atoms with Crippen molar-refractivity contribution < 1.29 is 9.59 Å². The highest BCUT2D eigenvalue weighted by Gasteiger charge is 2.05. The van der Waals surface area contributed by atoms with Gasteiger partial charge in [-0.05, 0) is 25.5 Å². The highest BCUT2D eigenvalue weighted by atomic mass is 16.2. The van der Waals surface area contributed by atoms with Gasteiger partial charge in [0.2, 0.25) is 11.8 Å². The van der Waals surface area contributed by atoms with Gasteiger partial charge in [-0.3, -0.25) is 9.59 Å². The molecular formula is C22H35N3O2. The fraction of sp³-hybridized carbons (Fsp3) is 0.591. The quantitative estimate of drug-likeness (QED) is 0.259. The third kappa shape index (κ3) is 12.8. The number of benzene rings is 1. The molecule has 1 rings (SSSR count). The monoisotopic (exact) mass is 373 g/mol. The number of amides is 2. The van der Waals surface area contributed by atoms with Crippen LogP contribution in [0.15, 0.2) is 35.4 Å². The first kappa shape index (κ1) is 22.9. The number of unbranched alkanes of at least 4 members (excludes halogenated alkanes) is 8. The van der Waals surface area contributed by atoms with E-state index in [0.717, 1.165) is 18.5 Å². The van der Waals surface area contributed by atoms with Gasteiger partial charge in [0, 0.05) is 17.8 Å². The zero-order valence-electron chi connectivity index (χ0n) is 16.9. The molecule has 0 aliphatic rings. The number of anilines is 1. The minimum Gasteiger partial charge on any atom is -0.326 e. The van der Waals surface area contributed by atoms with E-state index in [-0.39, 0.29) is 18.2 Å². The number of nitrogens with one attached hydrogen (secondary N) is 2. The van der Waals surface area contributed by atoms with Crippen molar-refractivity contribution in [2.45, 2.75) is 84.5 Å². The largest absolute Gasteiger partial charge is 0.326 e. The molecule has 0 saturated carbocycles. The minimum atomic E-state index is -0.143. The first-order chi connectivity index (χ1) is 13.1. The van der Waals surface area contributed by atoms with E-state index in [1.54, 1.807) is 6.92 Å². The average molecular weight is 374 g/mol. The van der Waals surface area contributed by atoms with Crippen LogP contribution in [0.4, 0.5) is 5.69 Å². The van der Waals surface area contributed by atoms with Crippen LogP contribution in [0.5, 0.6) is 0 Å². The van der Waals surface area contributed by atoms with Gasteiger partial charge in [-0.2, -0.15) is 5.10 Å². The molecule has 5 heteroatoms. The zero-order valence-corrected chi connectivity index (χ0v) is 16.9. The molecule has 5 nitrogen and oxygen atoms in total. The van der Waals surface area contributed by atoms with Crippen LogP contribution in [0.25, 0.3) is 0 Å². The third-order valence-corrected chi connectivity index (χ3v) is 4.35. The van der Waals surface area contributed by atoms with Gasteiger partial charge in [0.1, 0.15) is 0 Å². The van der Waals surface area contributed by atoms with Crippen LogP contribution in [-0.2, 0) is 9.59 Å². The SMILES string of the molecule is CCCCCCCCCCCC(=O)N/N=C(\C)CC(=O)Nc1ccccc1. The number of rotatable bonds is 14. The Morgan fingerprint density at radius 2 is 1.44 bits per heavy atom. The van der Waals surface area contributed by atoms with Crippen molar-refractivity contribution in [3.05, 3.63) is 30.3 Å². The molecule has 27 heavy (non-hydrogen) atoms. The van der Waals surface area contributed by atoms with Crippen molar-refractivity contribution in [3.8, 4) is 0 Å². The topological polar surface area (TPSA) is 70.6 Å². The summed E-state index contributed by atoms with van der Waals surface area (Å²) >= 11 is 0. The third-order valence-electron chi connectivity index (χ3n) is 4.35. The van der Waals surface area contributed by atoms with Crippen LogP contribution < -0.4 is 10.7 Å². The molecule has 0 aliphatic heterocycles. The molecule has 1 aromatic rings. The highest BCUT2D eigenvalue weighted by Crippen LogP contribution is 2.10. The molecule has 0 aromatic heterocycles. The Morgan fingerprint density at radius 3 is 2.07 bits per heavy atom. The molecule has 0 atom stereocenters. The van der Waals surface area contributed by atoms with E-state index >= 15 is 0 Å². The number of carbonyl (C=O) groups excluding carboxylic acids is 2. The normalized spacial score (nSPS) is 11.3. The number of hydrogen-bond donors (Lipinski definition) is 2. The van der Waals surface area contributed by atoms with Crippen molar-refractivity contribution >= 4 is 23.2 Å². The van der Waals surface area contributed by atoms with Gasteiger partial charge >= 0.3 is 0 Å². The van der Waals surface area contributed by atoms with E-state index in [2.05, 4.69) is 22.8 Å². The molecule has 0 bridgehead atoms. The fourth-order valence-corrected chi connectivity index (χ4v) is 2.81. The molecule has 150 valence electrons. The van der Waals surface area contributed by atoms with E-state index in [1.807, 2.05) is 30.3 Å². The predicted octanol–water partition coefficient (Wildman–Crippen LogP) is 5.43. The Balaban J connectivity index is 2.07. The van der Waals surface area contributed by atoms with Crippen LogP contribution in [-0.4, -0.2) is 17.5 Å². The van der Waals surface area contributed by atoms with Crippen molar-refractivity contribution in [2.24, 2.45) is 5.10 Å². The molecule has 0 radical (unpaired) electrons. The lowest BCUT2D eigenvalue weighted by atomic mass is 10.1. The molecular weight excluding hydrogens is 338 g/mol. The van der Waals surface area contributed by atoms with Crippen LogP contribution in [0.2, 0.25) is 0 Å². The second-order valence-corrected chi connectivity index (χ2v) is 7.05. The summed E-state index contributed by atoms with van der Waals surface area (Å²) in [4.78, 5) is 23.7. The van der Waals surface area contributed by atoms with Crippen molar-refractivity contribution in [1.29, 1.82) is 0 Å². The number of nitrogens with zero attached hydrogens (tertiary/aromatic N) is 1. The van der Waals surface area contributed by atoms with Crippen molar-refractivity contribution in [2.75, 3.05) is 5.32 Å². The van der Waals surface area contributed by atoms with E-state index in [1.165, 1.54) is 44.9 Å². The number of para-hydroxylation sites is 1. The van der Waals surface area contributed by atoms with Gasteiger partial charge in [0.25, 0.3) is 0 Å². The Morgan fingerprint density at radius 1 is 0.852 bits per heavy atom. The number of carbonyl (C=O) groups is 2. The molecule has 0 unspecified atom stereocenters. The molecule has 0 saturated heterocycles. The molecule has 2 N–H and O–H groups in total. The fourth-order valence-electron chi connectivity index (χ4n) is 2.81. The Hall–Kier alpha value is -2.17. The van der Waals surface area contributed by atoms with E-state index in [9.17, 15) is 9.59 Å². The number of hydrogen-bond acceptors (Lipinski definition) is 3. The van der Waals surface area contributed by atoms with Crippen LogP contribution in [0.1, 0.15) is 84.5 Å². The second-order valence-electron chi connectivity index (χ2n) is 7.05. The summed E-state index contributed by atoms with van der Waals surface area (Å²) in [6.45, 7) is 3.97. The van der Waals surface area contributed by atoms with Crippen molar-refractivity contribution in [3.63, 3.8) is 0 Å². The average Bonchev–Trinajstić information content (AvgIpc) is 2.65. The zero-order chi connectivity index (χ0) is 19.7. The van der Waals surface area contributed by atoms with Gasteiger partial charge in [-0.1, -0.05) is 76.5 Å². The molecule has 0 spiro atoms. The molecule has 0 heterocycles. The summed E-state index contributed by atoms with van der Waals surface area (Å²) in [5.74, 6) is -0.226. The minimum absolute atomic E-state index is 0.0826. The summed E-state index contributed by atoms with van der Waals surface area (Å²) in [6, 6.07) is 9.28. The second kappa shape index (κ2) is 14.9. The van der Waals surface area contributed by atoms with Gasteiger partial charge in [0.05, 0.1) is 6.42 Å².